The van der Waals surface area contributed by atoms with Crippen LogP contribution >= 0.6 is 15.9 Å². The zero-order chi connectivity index (χ0) is 14.8. The van der Waals surface area contributed by atoms with E-state index in [0.717, 1.165) is 0 Å². The van der Waals surface area contributed by atoms with Crippen molar-refractivity contribution in [3.63, 3.8) is 0 Å². The molecule has 0 amide bonds. The lowest BCUT2D eigenvalue weighted by atomic mass is 10.0. The summed E-state index contributed by atoms with van der Waals surface area (Å²) in [4.78, 5) is 14.8. The van der Waals surface area contributed by atoms with Gasteiger partial charge in [0.1, 0.15) is 0 Å². The van der Waals surface area contributed by atoms with Crippen LogP contribution in [0, 0.1) is 5.92 Å². The number of aromatic nitrogens is 1. The van der Waals surface area contributed by atoms with Crippen molar-refractivity contribution in [2.75, 3.05) is 17.8 Å². The molecule has 2 N–H and O–H groups in total. The van der Waals surface area contributed by atoms with E-state index in [-0.39, 0.29) is 6.54 Å². The van der Waals surface area contributed by atoms with Gasteiger partial charge in [-0.3, -0.25) is 14.5 Å². The predicted octanol–water partition coefficient (Wildman–Crippen LogP) is 1.30. The summed E-state index contributed by atoms with van der Waals surface area (Å²) in [5.74, 6) is -1.61. The van der Waals surface area contributed by atoms with Crippen LogP contribution in [0.3, 0.4) is 0 Å². The number of rotatable bonds is 4. The number of nitrogens with zero attached hydrogens (tertiary/aromatic N) is 2. The first-order valence-electron chi connectivity index (χ1n) is 6.00. The minimum Gasteiger partial charge on any atom is -0.481 e. The summed E-state index contributed by atoms with van der Waals surface area (Å²) in [7, 11) is -3.76. The van der Waals surface area contributed by atoms with Crippen LogP contribution in [0.1, 0.15) is 12.8 Å². The molecule has 2 rings (SSSR count). The lowest BCUT2D eigenvalue weighted by molar-refractivity contribution is -0.142. The minimum absolute atomic E-state index is 0.00658. The maximum Gasteiger partial charge on any atom is 0.307 e. The van der Waals surface area contributed by atoms with Gasteiger partial charge in [-0.05, 0) is 34.8 Å². The van der Waals surface area contributed by atoms with Gasteiger partial charge in [0.25, 0.3) is 0 Å². The Morgan fingerprint density at radius 3 is 2.95 bits per heavy atom. The van der Waals surface area contributed by atoms with Crippen LogP contribution in [0.15, 0.2) is 22.9 Å². The van der Waals surface area contributed by atoms with Crippen LogP contribution in [0.5, 0.6) is 0 Å². The molecule has 1 aromatic heterocycles. The summed E-state index contributed by atoms with van der Waals surface area (Å²) in [6, 6.07) is 1.53. The fourth-order valence-electron chi connectivity index (χ4n) is 2.02. The van der Waals surface area contributed by atoms with E-state index in [0.29, 0.717) is 29.5 Å². The molecule has 0 aliphatic carbocycles. The SMILES string of the molecule is O=C(O)C1CCCN(S(=O)(=O)Nc2ccncc2Br)C1. The van der Waals surface area contributed by atoms with E-state index in [1.165, 1.54) is 22.8 Å². The van der Waals surface area contributed by atoms with Gasteiger partial charge in [0, 0.05) is 25.5 Å². The van der Waals surface area contributed by atoms with Crippen LogP contribution in [0.4, 0.5) is 5.69 Å². The van der Waals surface area contributed by atoms with Crippen LogP contribution in [0.2, 0.25) is 0 Å². The van der Waals surface area contributed by atoms with Gasteiger partial charge in [0.2, 0.25) is 0 Å². The zero-order valence-corrected chi connectivity index (χ0v) is 12.9. The van der Waals surface area contributed by atoms with E-state index in [9.17, 15) is 13.2 Å². The Kier molecular flexibility index (Phi) is 4.61. The molecule has 1 unspecified atom stereocenters. The fourth-order valence-corrected chi connectivity index (χ4v) is 3.84. The second kappa shape index (κ2) is 6.06. The highest BCUT2D eigenvalue weighted by molar-refractivity contribution is 9.10. The normalized spacial score (nSPS) is 20.6. The van der Waals surface area contributed by atoms with Crippen molar-refractivity contribution < 1.29 is 18.3 Å². The summed E-state index contributed by atoms with van der Waals surface area (Å²) >= 11 is 3.21. The van der Waals surface area contributed by atoms with Crippen molar-refractivity contribution in [3.8, 4) is 0 Å². The molecule has 0 saturated carbocycles. The number of piperidine rings is 1. The molecule has 1 atom stereocenters. The van der Waals surface area contributed by atoms with E-state index in [1.54, 1.807) is 0 Å². The van der Waals surface area contributed by atoms with Crippen LogP contribution < -0.4 is 4.72 Å². The number of carboxylic acid groups (broad SMARTS) is 1. The monoisotopic (exact) mass is 363 g/mol. The van der Waals surface area contributed by atoms with Gasteiger partial charge < -0.3 is 5.11 Å². The molecule has 0 spiro atoms. The molecule has 1 aliphatic heterocycles. The standard InChI is InChI=1S/C11H14BrN3O4S/c12-9-6-13-4-3-10(9)14-20(18,19)15-5-1-2-8(7-15)11(16)17/h3-4,6,8H,1-2,5,7H2,(H,13,14)(H,16,17). The molecule has 1 aliphatic rings. The second-order valence-electron chi connectivity index (χ2n) is 4.50. The molecule has 9 heteroatoms. The third kappa shape index (κ3) is 3.47. The summed E-state index contributed by atoms with van der Waals surface area (Å²) in [5, 5.41) is 9.00. The number of hydrogen-bond acceptors (Lipinski definition) is 4. The molecule has 1 saturated heterocycles. The van der Waals surface area contributed by atoms with Crippen molar-refractivity contribution >= 4 is 37.8 Å². The number of aliphatic carboxylic acids is 1. The number of carbonyl (C=O) groups is 1. The van der Waals surface area contributed by atoms with E-state index in [1.807, 2.05) is 0 Å². The summed E-state index contributed by atoms with van der Waals surface area (Å²) in [6.07, 6.45) is 3.99. The lowest BCUT2D eigenvalue weighted by Crippen LogP contribution is -2.44. The summed E-state index contributed by atoms with van der Waals surface area (Å²) in [6.45, 7) is 0.315. The molecule has 1 aromatic rings. The molecule has 1 fully saturated rings. The Balaban J connectivity index is 2.14. The van der Waals surface area contributed by atoms with Gasteiger partial charge in [0.05, 0.1) is 16.1 Å². The zero-order valence-electron chi connectivity index (χ0n) is 10.5. The smallest absolute Gasteiger partial charge is 0.307 e. The highest BCUT2D eigenvalue weighted by Gasteiger charge is 2.32. The summed E-state index contributed by atoms with van der Waals surface area (Å²) in [5.41, 5.74) is 0.373. The van der Waals surface area contributed by atoms with Gasteiger partial charge >= 0.3 is 16.2 Å². The van der Waals surface area contributed by atoms with Crippen molar-refractivity contribution in [1.82, 2.24) is 9.29 Å². The van der Waals surface area contributed by atoms with E-state index in [2.05, 4.69) is 25.6 Å². The lowest BCUT2D eigenvalue weighted by Gasteiger charge is -2.30. The largest absolute Gasteiger partial charge is 0.481 e. The Morgan fingerprint density at radius 2 is 2.30 bits per heavy atom. The van der Waals surface area contributed by atoms with Crippen molar-refractivity contribution in [1.29, 1.82) is 0 Å². The molecule has 0 aromatic carbocycles. The predicted molar refractivity (Wildman–Crippen MR) is 76.4 cm³/mol. The molecular weight excluding hydrogens is 350 g/mol. The molecule has 110 valence electrons. The fraction of sp³-hybridized carbons (Fsp3) is 0.455. The number of carboxylic acids is 1. The van der Waals surface area contributed by atoms with E-state index >= 15 is 0 Å². The van der Waals surface area contributed by atoms with E-state index < -0.39 is 22.1 Å². The Hall–Kier alpha value is -1.19. The third-order valence-corrected chi connectivity index (χ3v) is 5.21. The number of halogens is 1. The quantitative estimate of drug-likeness (QED) is 0.839. The molecule has 0 radical (unpaired) electrons. The maximum absolute atomic E-state index is 12.3. The third-order valence-electron chi connectivity index (χ3n) is 3.08. The second-order valence-corrected chi connectivity index (χ2v) is 7.02. The number of hydrogen-bond donors (Lipinski definition) is 2. The maximum atomic E-state index is 12.3. The first kappa shape index (κ1) is 15.2. The van der Waals surface area contributed by atoms with Gasteiger partial charge in [-0.25, -0.2) is 0 Å². The highest BCUT2D eigenvalue weighted by atomic mass is 79.9. The Labute approximate surface area is 125 Å². The highest BCUT2D eigenvalue weighted by Crippen LogP contribution is 2.24. The molecular formula is C11H14BrN3O4S. The van der Waals surface area contributed by atoms with Gasteiger partial charge in [-0.2, -0.15) is 12.7 Å². The molecule has 7 nitrogen and oxygen atoms in total. The molecule has 20 heavy (non-hydrogen) atoms. The molecule has 0 bridgehead atoms. The minimum atomic E-state index is -3.76. The first-order chi connectivity index (χ1) is 9.40. The number of nitrogens with one attached hydrogen (secondary N) is 1. The van der Waals surface area contributed by atoms with Gasteiger partial charge in [-0.1, -0.05) is 0 Å². The van der Waals surface area contributed by atoms with E-state index in [4.69, 9.17) is 5.11 Å². The van der Waals surface area contributed by atoms with Crippen LogP contribution in [-0.2, 0) is 15.0 Å². The topological polar surface area (TPSA) is 99.6 Å². The Morgan fingerprint density at radius 1 is 1.55 bits per heavy atom. The van der Waals surface area contributed by atoms with Crippen LogP contribution in [-0.4, -0.2) is 41.9 Å². The average molecular weight is 364 g/mol. The summed E-state index contributed by atoms with van der Waals surface area (Å²) < 4.78 is 28.6. The number of pyridine rings is 1. The Bertz CT molecular complexity index is 607. The van der Waals surface area contributed by atoms with Gasteiger partial charge in [-0.15, -0.1) is 0 Å². The van der Waals surface area contributed by atoms with Crippen molar-refractivity contribution in [2.24, 2.45) is 5.92 Å². The van der Waals surface area contributed by atoms with Crippen molar-refractivity contribution in [3.05, 3.63) is 22.9 Å². The van der Waals surface area contributed by atoms with Gasteiger partial charge in [0.15, 0.2) is 0 Å². The van der Waals surface area contributed by atoms with Crippen molar-refractivity contribution in [2.45, 2.75) is 12.8 Å². The average Bonchev–Trinajstić information content (AvgIpc) is 2.41. The van der Waals surface area contributed by atoms with Crippen LogP contribution in [0.25, 0.3) is 0 Å². The first-order valence-corrected chi connectivity index (χ1v) is 8.23. The number of anilines is 1. The molecule has 2 heterocycles.